The van der Waals surface area contributed by atoms with Crippen molar-refractivity contribution < 1.29 is 14.2 Å². The van der Waals surface area contributed by atoms with E-state index in [1.54, 1.807) is 18.2 Å². The Bertz CT molecular complexity index is 418. The third-order valence-corrected chi connectivity index (χ3v) is 3.41. The molecule has 0 spiro atoms. The molecule has 2 rings (SSSR count). The van der Waals surface area contributed by atoms with Gasteiger partial charge in [0, 0.05) is 26.2 Å². The number of piperazine rings is 1. The molecule has 21 heavy (non-hydrogen) atoms. The van der Waals surface area contributed by atoms with Gasteiger partial charge in [0.25, 0.3) is 0 Å². The maximum atomic E-state index is 13.4. The second kappa shape index (κ2) is 10.1. The minimum atomic E-state index is -0.434. The summed E-state index contributed by atoms with van der Waals surface area (Å²) in [7, 11) is 0. The minimum Gasteiger partial charge on any atom is -0.504 e. The number of benzene rings is 1. The second-order valence-electron chi connectivity index (χ2n) is 4.62. The molecule has 0 saturated carbocycles. The van der Waals surface area contributed by atoms with E-state index >= 15 is 0 Å². The smallest absolute Gasteiger partial charge is 0.161 e. The Labute approximate surface area is 137 Å². The number of aromatic hydroxyl groups is 1. The van der Waals surface area contributed by atoms with Crippen LogP contribution in [-0.2, 0) is 0 Å². The molecular formula is C14H23Cl2FN2O2. The highest BCUT2D eigenvalue weighted by molar-refractivity contribution is 5.85. The first kappa shape index (κ1) is 20.2. The first-order valence-corrected chi connectivity index (χ1v) is 6.72. The van der Waals surface area contributed by atoms with Crippen molar-refractivity contribution in [2.24, 2.45) is 0 Å². The van der Waals surface area contributed by atoms with Gasteiger partial charge in [0.2, 0.25) is 0 Å². The fraction of sp³-hybridized carbons (Fsp3) is 0.571. The maximum Gasteiger partial charge on any atom is 0.161 e. The van der Waals surface area contributed by atoms with E-state index in [0.717, 1.165) is 31.7 Å². The van der Waals surface area contributed by atoms with Crippen molar-refractivity contribution in [3.8, 4) is 11.5 Å². The first-order valence-electron chi connectivity index (χ1n) is 6.72. The van der Waals surface area contributed by atoms with Crippen LogP contribution in [0.4, 0.5) is 4.39 Å². The second-order valence-corrected chi connectivity index (χ2v) is 4.62. The molecule has 1 aromatic rings. The largest absolute Gasteiger partial charge is 0.504 e. The molecule has 122 valence electrons. The Balaban J connectivity index is 0.00000200. The SMILES string of the molecule is CCOc1cc([C@@H](CF)N2CCNCC2)ccc1O.Cl.Cl. The van der Waals surface area contributed by atoms with Crippen LogP contribution in [0.2, 0.25) is 0 Å². The molecule has 0 bridgehead atoms. The predicted molar refractivity (Wildman–Crippen MR) is 86.9 cm³/mol. The van der Waals surface area contributed by atoms with E-state index in [-0.39, 0.29) is 36.6 Å². The van der Waals surface area contributed by atoms with E-state index in [1.165, 1.54) is 0 Å². The third-order valence-electron chi connectivity index (χ3n) is 3.41. The number of phenolic OH excluding ortho intramolecular Hbond substituents is 1. The number of hydrogen-bond acceptors (Lipinski definition) is 4. The zero-order valence-corrected chi connectivity index (χ0v) is 13.7. The summed E-state index contributed by atoms with van der Waals surface area (Å²) in [6, 6.07) is 4.82. The van der Waals surface area contributed by atoms with E-state index in [0.29, 0.717) is 12.4 Å². The number of rotatable bonds is 5. The van der Waals surface area contributed by atoms with Gasteiger partial charge in [-0.05, 0) is 24.6 Å². The first-order chi connectivity index (χ1) is 9.26. The topological polar surface area (TPSA) is 44.7 Å². The van der Waals surface area contributed by atoms with Crippen LogP contribution in [0.25, 0.3) is 0 Å². The lowest BCUT2D eigenvalue weighted by Gasteiger charge is -2.33. The zero-order chi connectivity index (χ0) is 13.7. The standard InChI is InChI=1S/C14H21FN2O2.2ClH/c1-2-19-14-9-11(3-4-13(14)18)12(10-15)17-7-5-16-6-8-17;;/h3-4,9,12,16,18H,2,5-8,10H2,1H3;2*1H/t12-;;/m1../s1. The summed E-state index contributed by atoms with van der Waals surface area (Å²) in [5.41, 5.74) is 0.852. The van der Waals surface area contributed by atoms with Crippen LogP contribution in [0.5, 0.6) is 11.5 Å². The van der Waals surface area contributed by atoms with Crippen molar-refractivity contribution in [3.63, 3.8) is 0 Å². The summed E-state index contributed by atoms with van der Waals surface area (Å²) < 4.78 is 18.7. The van der Waals surface area contributed by atoms with Crippen LogP contribution in [0.1, 0.15) is 18.5 Å². The maximum absolute atomic E-state index is 13.4. The summed E-state index contributed by atoms with van der Waals surface area (Å²) in [5.74, 6) is 0.525. The molecule has 1 fully saturated rings. The summed E-state index contributed by atoms with van der Waals surface area (Å²) in [6.07, 6.45) is 0. The summed E-state index contributed by atoms with van der Waals surface area (Å²) in [4.78, 5) is 2.12. The van der Waals surface area contributed by atoms with Gasteiger partial charge in [0.05, 0.1) is 12.6 Å². The van der Waals surface area contributed by atoms with E-state index in [9.17, 15) is 9.50 Å². The van der Waals surface area contributed by atoms with Crippen LogP contribution in [0.3, 0.4) is 0 Å². The average Bonchev–Trinajstić information content (AvgIpc) is 2.44. The van der Waals surface area contributed by atoms with Gasteiger partial charge in [0.15, 0.2) is 11.5 Å². The molecule has 4 nitrogen and oxygen atoms in total. The molecule has 1 aromatic carbocycles. The number of nitrogens with zero attached hydrogens (tertiary/aromatic N) is 1. The number of phenols is 1. The Kier molecular flexibility index (Phi) is 9.70. The quantitative estimate of drug-likeness (QED) is 0.864. The Morgan fingerprint density at radius 1 is 1.33 bits per heavy atom. The van der Waals surface area contributed by atoms with Crippen molar-refractivity contribution >= 4 is 24.8 Å². The van der Waals surface area contributed by atoms with Gasteiger partial charge < -0.3 is 15.2 Å². The van der Waals surface area contributed by atoms with Crippen molar-refractivity contribution in [1.29, 1.82) is 0 Å². The number of nitrogens with one attached hydrogen (secondary N) is 1. The lowest BCUT2D eigenvalue weighted by atomic mass is 10.0. The highest BCUT2D eigenvalue weighted by atomic mass is 35.5. The lowest BCUT2D eigenvalue weighted by molar-refractivity contribution is 0.147. The Morgan fingerprint density at radius 2 is 2.00 bits per heavy atom. The normalized spacial score (nSPS) is 16.5. The lowest BCUT2D eigenvalue weighted by Crippen LogP contribution is -2.45. The highest BCUT2D eigenvalue weighted by Gasteiger charge is 2.23. The van der Waals surface area contributed by atoms with Gasteiger partial charge in [-0.2, -0.15) is 0 Å². The number of hydrogen-bond donors (Lipinski definition) is 2. The molecule has 0 aliphatic carbocycles. The fourth-order valence-corrected chi connectivity index (χ4v) is 2.40. The van der Waals surface area contributed by atoms with Crippen molar-refractivity contribution in [1.82, 2.24) is 10.2 Å². The third kappa shape index (κ3) is 5.18. The molecular weight excluding hydrogens is 318 g/mol. The molecule has 0 amide bonds. The molecule has 7 heteroatoms. The van der Waals surface area contributed by atoms with Gasteiger partial charge in [0.1, 0.15) is 6.67 Å². The number of ether oxygens (including phenoxy) is 1. The van der Waals surface area contributed by atoms with E-state index in [4.69, 9.17) is 4.74 Å². The van der Waals surface area contributed by atoms with Gasteiger partial charge in [-0.15, -0.1) is 24.8 Å². The van der Waals surface area contributed by atoms with Gasteiger partial charge in [-0.3, -0.25) is 4.90 Å². The zero-order valence-electron chi connectivity index (χ0n) is 12.0. The number of alkyl halides is 1. The summed E-state index contributed by atoms with van der Waals surface area (Å²) in [5, 5.41) is 12.9. The Morgan fingerprint density at radius 3 is 2.57 bits per heavy atom. The molecule has 0 unspecified atom stereocenters. The van der Waals surface area contributed by atoms with Crippen LogP contribution in [-0.4, -0.2) is 49.5 Å². The van der Waals surface area contributed by atoms with Crippen molar-refractivity contribution in [2.45, 2.75) is 13.0 Å². The van der Waals surface area contributed by atoms with Crippen molar-refractivity contribution in [2.75, 3.05) is 39.5 Å². The summed E-state index contributed by atoms with van der Waals surface area (Å²) in [6.45, 7) is 5.33. The van der Waals surface area contributed by atoms with E-state index in [2.05, 4.69) is 10.2 Å². The molecule has 1 atom stereocenters. The monoisotopic (exact) mass is 340 g/mol. The summed E-state index contributed by atoms with van der Waals surface area (Å²) >= 11 is 0. The molecule has 2 N–H and O–H groups in total. The van der Waals surface area contributed by atoms with Crippen LogP contribution < -0.4 is 10.1 Å². The molecule has 0 aromatic heterocycles. The van der Waals surface area contributed by atoms with E-state index in [1.807, 2.05) is 6.92 Å². The molecule has 0 radical (unpaired) electrons. The fourth-order valence-electron chi connectivity index (χ4n) is 2.40. The number of halogens is 3. The average molecular weight is 341 g/mol. The minimum absolute atomic E-state index is 0. The Hall–Kier alpha value is -0.750. The van der Waals surface area contributed by atoms with Crippen LogP contribution in [0, 0.1) is 0 Å². The molecule has 1 aliphatic heterocycles. The molecule has 1 heterocycles. The van der Waals surface area contributed by atoms with Gasteiger partial charge in [-0.25, -0.2) is 4.39 Å². The molecule has 1 saturated heterocycles. The van der Waals surface area contributed by atoms with Gasteiger partial charge in [-0.1, -0.05) is 6.07 Å². The van der Waals surface area contributed by atoms with Gasteiger partial charge >= 0.3 is 0 Å². The van der Waals surface area contributed by atoms with Crippen LogP contribution in [0.15, 0.2) is 18.2 Å². The molecule has 1 aliphatic rings. The van der Waals surface area contributed by atoms with Crippen molar-refractivity contribution in [3.05, 3.63) is 23.8 Å². The van der Waals surface area contributed by atoms with E-state index < -0.39 is 6.67 Å². The highest BCUT2D eigenvalue weighted by Crippen LogP contribution is 2.31. The predicted octanol–water partition coefficient (Wildman–Crippen LogP) is 2.55. The van der Waals surface area contributed by atoms with Crippen LogP contribution >= 0.6 is 24.8 Å².